The topological polar surface area (TPSA) is 35.6 Å². The maximum Gasteiger partial charge on any atom is 0.236 e. The molecule has 4 heteroatoms. The van der Waals surface area contributed by atoms with Gasteiger partial charge in [0.2, 0.25) is 5.91 Å². The van der Waals surface area contributed by atoms with Crippen molar-refractivity contribution in [3.8, 4) is 0 Å². The van der Waals surface area contributed by atoms with E-state index in [-0.39, 0.29) is 11.4 Å². The van der Waals surface area contributed by atoms with Crippen LogP contribution in [0.2, 0.25) is 0 Å². The quantitative estimate of drug-likeness (QED) is 0.778. The van der Waals surface area contributed by atoms with Gasteiger partial charge in [0.15, 0.2) is 0 Å². The van der Waals surface area contributed by atoms with Crippen LogP contribution in [0.25, 0.3) is 0 Å². The molecule has 1 amide bonds. The molecule has 1 saturated heterocycles. The number of nitrogens with zero attached hydrogens (tertiary/aromatic N) is 2. The second-order valence-electron chi connectivity index (χ2n) is 5.88. The van der Waals surface area contributed by atoms with Crippen molar-refractivity contribution in [1.29, 1.82) is 0 Å². The molecule has 17 heavy (non-hydrogen) atoms. The summed E-state index contributed by atoms with van der Waals surface area (Å²) in [5.74, 6) is 0.197. The Morgan fingerprint density at radius 3 is 2.47 bits per heavy atom. The van der Waals surface area contributed by atoms with Gasteiger partial charge in [-0.15, -0.1) is 0 Å². The fraction of sp³-hybridized carbons (Fsp3) is 0.923. The van der Waals surface area contributed by atoms with Gasteiger partial charge in [0.25, 0.3) is 0 Å². The van der Waals surface area contributed by atoms with E-state index in [0.29, 0.717) is 12.6 Å². The Bertz CT molecular complexity index is 263. The number of amides is 1. The first kappa shape index (κ1) is 14.5. The number of hydrogen-bond donors (Lipinski definition) is 1. The van der Waals surface area contributed by atoms with Crippen LogP contribution in [0.4, 0.5) is 0 Å². The van der Waals surface area contributed by atoms with Crippen molar-refractivity contribution in [2.24, 2.45) is 0 Å². The van der Waals surface area contributed by atoms with Crippen molar-refractivity contribution < 1.29 is 4.79 Å². The van der Waals surface area contributed by atoms with Crippen LogP contribution < -0.4 is 5.32 Å². The van der Waals surface area contributed by atoms with Crippen LogP contribution in [-0.2, 0) is 4.79 Å². The van der Waals surface area contributed by atoms with Crippen LogP contribution >= 0.6 is 0 Å². The summed E-state index contributed by atoms with van der Waals surface area (Å²) in [4.78, 5) is 15.8. The summed E-state index contributed by atoms with van der Waals surface area (Å²) in [7, 11) is 3.65. The van der Waals surface area contributed by atoms with Crippen molar-refractivity contribution >= 4 is 5.91 Å². The molecular formula is C13H27N3O. The minimum absolute atomic E-state index is 0.197. The zero-order valence-corrected chi connectivity index (χ0v) is 11.9. The van der Waals surface area contributed by atoms with Gasteiger partial charge in [-0.1, -0.05) is 6.92 Å². The molecule has 4 nitrogen and oxygen atoms in total. The lowest BCUT2D eigenvalue weighted by molar-refractivity contribution is -0.130. The average molecular weight is 241 g/mol. The molecule has 1 aliphatic heterocycles. The molecule has 0 spiro atoms. The summed E-state index contributed by atoms with van der Waals surface area (Å²) in [5.41, 5.74) is 0.206. The fourth-order valence-corrected chi connectivity index (χ4v) is 2.38. The molecular weight excluding hydrogens is 214 g/mol. The Hall–Kier alpha value is -0.610. The first-order chi connectivity index (χ1) is 7.85. The van der Waals surface area contributed by atoms with Crippen molar-refractivity contribution in [2.45, 2.75) is 45.2 Å². The molecule has 1 fully saturated rings. The molecule has 0 bridgehead atoms. The third-order valence-electron chi connectivity index (χ3n) is 3.43. The van der Waals surface area contributed by atoms with Crippen LogP contribution in [0.15, 0.2) is 0 Å². The Labute approximate surface area is 105 Å². The van der Waals surface area contributed by atoms with Crippen LogP contribution in [0.5, 0.6) is 0 Å². The lowest BCUT2D eigenvalue weighted by Gasteiger charge is -2.29. The first-order valence-electron chi connectivity index (χ1n) is 6.55. The van der Waals surface area contributed by atoms with Crippen LogP contribution in [0.3, 0.4) is 0 Å². The van der Waals surface area contributed by atoms with E-state index in [0.717, 1.165) is 25.9 Å². The highest BCUT2D eigenvalue weighted by atomic mass is 16.2. The third-order valence-corrected chi connectivity index (χ3v) is 3.43. The molecule has 100 valence electrons. The summed E-state index contributed by atoms with van der Waals surface area (Å²) in [6.07, 6.45) is 2.21. The lowest BCUT2D eigenvalue weighted by atomic mass is 10.0. The van der Waals surface area contributed by atoms with Crippen LogP contribution in [-0.4, -0.2) is 61.0 Å². The molecule has 0 aliphatic carbocycles. The van der Waals surface area contributed by atoms with Gasteiger partial charge in [-0.05, 0) is 33.2 Å². The SMILES string of the molecule is CCCN(CC(=O)N(C)C)C1CNC(C)(C)C1. The number of hydrogen-bond acceptors (Lipinski definition) is 3. The van der Waals surface area contributed by atoms with E-state index in [1.165, 1.54) is 0 Å². The summed E-state index contributed by atoms with van der Waals surface area (Å²) in [6.45, 7) is 9.16. The van der Waals surface area contributed by atoms with E-state index in [1.807, 2.05) is 14.1 Å². The van der Waals surface area contributed by atoms with Gasteiger partial charge >= 0.3 is 0 Å². The molecule has 0 aromatic carbocycles. The zero-order valence-electron chi connectivity index (χ0n) is 11.9. The molecule has 1 heterocycles. The second-order valence-corrected chi connectivity index (χ2v) is 5.88. The monoisotopic (exact) mass is 241 g/mol. The first-order valence-corrected chi connectivity index (χ1v) is 6.55. The Morgan fingerprint density at radius 2 is 2.06 bits per heavy atom. The summed E-state index contributed by atoms with van der Waals surface area (Å²) >= 11 is 0. The van der Waals surface area contributed by atoms with E-state index in [1.54, 1.807) is 4.90 Å². The minimum Gasteiger partial charge on any atom is -0.348 e. The van der Waals surface area contributed by atoms with Crippen molar-refractivity contribution in [2.75, 3.05) is 33.7 Å². The van der Waals surface area contributed by atoms with Gasteiger partial charge < -0.3 is 10.2 Å². The molecule has 1 atom stereocenters. The second kappa shape index (κ2) is 5.83. The van der Waals surface area contributed by atoms with E-state index in [9.17, 15) is 4.79 Å². The molecule has 0 saturated carbocycles. The standard InChI is InChI=1S/C13H27N3O/c1-6-7-16(10-12(17)15(4)5)11-8-13(2,3)14-9-11/h11,14H,6-10H2,1-5H3. The maximum atomic E-state index is 11.8. The smallest absolute Gasteiger partial charge is 0.236 e. The van der Waals surface area contributed by atoms with Crippen molar-refractivity contribution in [3.63, 3.8) is 0 Å². The normalized spacial score (nSPS) is 23.1. The maximum absolute atomic E-state index is 11.8. The van der Waals surface area contributed by atoms with E-state index >= 15 is 0 Å². The van der Waals surface area contributed by atoms with Crippen molar-refractivity contribution in [1.82, 2.24) is 15.1 Å². The van der Waals surface area contributed by atoms with E-state index < -0.39 is 0 Å². The van der Waals surface area contributed by atoms with Crippen LogP contribution in [0.1, 0.15) is 33.6 Å². The predicted molar refractivity (Wildman–Crippen MR) is 71.0 cm³/mol. The highest BCUT2D eigenvalue weighted by Gasteiger charge is 2.34. The number of likely N-dealkylation sites (N-methyl/N-ethyl adjacent to an activating group) is 1. The number of nitrogens with one attached hydrogen (secondary N) is 1. The van der Waals surface area contributed by atoms with Gasteiger partial charge in [0.1, 0.15) is 0 Å². The molecule has 0 aromatic heterocycles. The predicted octanol–water partition coefficient (Wildman–Crippen LogP) is 0.927. The van der Waals surface area contributed by atoms with Crippen LogP contribution in [0, 0.1) is 0 Å². The molecule has 1 rings (SSSR count). The lowest BCUT2D eigenvalue weighted by Crippen LogP contribution is -2.44. The largest absolute Gasteiger partial charge is 0.348 e. The van der Waals surface area contributed by atoms with Crippen molar-refractivity contribution in [3.05, 3.63) is 0 Å². The van der Waals surface area contributed by atoms with Gasteiger partial charge in [0.05, 0.1) is 6.54 Å². The molecule has 1 aliphatic rings. The Balaban J connectivity index is 2.57. The van der Waals surface area contributed by atoms with E-state index in [4.69, 9.17) is 0 Å². The third kappa shape index (κ3) is 4.28. The van der Waals surface area contributed by atoms with Gasteiger partial charge in [-0.25, -0.2) is 0 Å². The fourth-order valence-electron chi connectivity index (χ4n) is 2.38. The van der Waals surface area contributed by atoms with Gasteiger partial charge in [-0.2, -0.15) is 0 Å². The summed E-state index contributed by atoms with van der Waals surface area (Å²) < 4.78 is 0. The van der Waals surface area contributed by atoms with Gasteiger partial charge in [-0.3, -0.25) is 9.69 Å². The average Bonchev–Trinajstić information content (AvgIpc) is 2.58. The molecule has 1 N–H and O–H groups in total. The highest BCUT2D eigenvalue weighted by Crippen LogP contribution is 2.22. The van der Waals surface area contributed by atoms with Gasteiger partial charge in [0, 0.05) is 32.2 Å². The zero-order chi connectivity index (χ0) is 13.1. The summed E-state index contributed by atoms with van der Waals surface area (Å²) in [6, 6.07) is 0.494. The Morgan fingerprint density at radius 1 is 1.41 bits per heavy atom. The molecule has 0 aromatic rings. The molecule has 0 radical (unpaired) electrons. The number of rotatable bonds is 5. The Kier molecular flexibility index (Phi) is 4.95. The molecule has 1 unspecified atom stereocenters. The minimum atomic E-state index is 0.197. The number of carbonyl (C=O) groups is 1. The highest BCUT2D eigenvalue weighted by molar-refractivity contribution is 5.77. The summed E-state index contributed by atoms with van der Waals surface area (Å²) in [5, 5.41) is 3.52. The van der Waals surface area contributed by atoms with E-state index in [2.05, 4.69) is 31.0 Å². The number of carbonyl (C=O) groups excluding carboxylic acids is 1.